The molecule has 2 atom stereocenters. The Bertz CT molecular complexity index is 407. The van der Waals surface area contributed by atoms with Crippen LogP contribution in [0.5, 0.6) is 0 Å². The van der Waals surface area contributed by atoms with Gasteiger partial charge in [0.15, 0.2) is 0 Å². The van der Waals surface area contributed by atoms with E-state index in [1.807, 2.05) is 0 Å². The summed E-state index contributed by atoms with van der Waals surface area (Å²) >= 11 is 0. The first-order valence-electron chi connectivity index (χ1n) is 6.66. The molecule has 0 radical (unpaired) electrons. The van der Waals surface area contributed by atoms with E-state index < -0.39 is 0 Å². The average Bonchev–Trinajstić information content (AvgIpc) is 2.94. The molecule has 1 aromatic heterocycles. The second kappa shape index (κ2) is 4.42. The molecule has 0 aliphatic carbocycles. The summed E-state index contributed by atoms with van der Waals surface area (Å²) in [5.41, 5.74) is 2.66. The molecule has 0 aromatic carbocycles. The molecule has 3 heterocycles. The highest BCUT2D eigenvalue weighted by molar-refractivity contribution is 5.21. The molecule has 4 nitrogen and oxygen atoms in total. The fraction of sp³-hybridized carbons (Fsp3) is 0.769. The lowest BCUT2D eigenvalue weighted by Crippen LogP contribution is -2.28. The van der Waals surface area contributed by atoms with Crippen molar-refractivity contribution in [1.29, 1.82) is 0 Å². The number of aryl methyl sites for hydroxylation is 1. The van der Waals surface area contributed by atoms with Crippen molar-refractivity contribution in [2.75, 3.05) is 13.2 Å². The van der Waals surface area contributed by atoms with Crippen LogP contribution in [0.1, 0.15) is 43.0 Å². The number of fused-ring (bicyclic) bond motifs is 1. The van der Waals surface area contributed by atoms with Gasteiger partial charge in [-0.15, -0.1) is 0 Å². The molecule has 1 aromatic rings. The number of nitrogens with zero attached hydrogens (tertiary/aromatic N) is 2. The highest BCUT2D eigenvalue weighted by atomic mass is 16.5. The molecule has 0 spiro atoms. The van der Waals surface area contributed by atoms with Gasteiger partial charge < -0.3 is 14.6 Å². The first kappa shape index (κ1) is 11.2. The Morgan fingerprint density at radius 1 is 1.53 bits per heavy atom. The first-order valence-corrected chi connectivity index (χ1v) is 6.66. The number of aromatic nitrogens is 2. The zero-order valence-electron chi connectivity index (χ0n) is 10.7. The molecule has 17 heavy (non-hydrogen) atoms. The summed E-state index contributed by atoms with van der Waals surface area (Å²) in [6.45, 7) is 7.29. The van der Waals surface area contributed by atoms with Crippen LogP contribution in [0, 0.1) is 6.92 Å². The fourth-order valence-electron chi connectivity index (χ4n) is 3.16. The summed E-state index contributed by atoms with van der Waals surface area (Å²) < 4.78 is 8.23. The Labute approximate surface area is 102 Å². The van der Waals surface area contributed by atoms with Crippen molar-refractivity contribution in [3.63, 3.8) is 0 Å². The third-order valence-corrected chi connectivity index (χ3v) is 4.01. The van der Waals surface area contributed by atoms with Gasteiger partial charge >= 0.3 is 0 Å². The topological polar surface area (TPSA) is 39.1 Å². The van der Waals surface area contributed by atoms with Gasteiger partial charge in [-0.3, -0.25) is 0 Å². The molecule has 0 saturated carbocycles. The zero-order valence-corrected chi connectivity index (χ0v) is 10.7. The summed E-state index contributed by atoms with van der Waals surface area (Å²) in [5, 5.41) is 3.38. The Balaban J connectivity index is 1.93. The van der Waals surface area contributed by atoms with E-state index in [-0.39, 0.29) is 0 Å². The van der Waals surface area contributed by atoms with Crippen molar-refractivity contribution in [2.45, 2.75) is 51.8 Å². The summed E-state index contributed by atoms with van der Waals surface area (Å²) in [6.07, 6.45) is 3.85. The van der Waals surface area contributed by atoms with E-state index in [9.17, 15) is 0 Å². The highest BCUT2D eigenvalue weighted by Gasteiger charge is 2.28. The maximum atomic E-state index is 5.82. The third-order valence-electron chi connectivity index (χ3n) is 4.01. The van der Waals surface area contributed by atoms with Crippen LogP contribution in [0.3, 0.4) is 0 Å². The number of rotatable bonds is 2. The Morgan fingerprint density at radius 3 is 3.18 bits per heavy atom. The Morgan fingerprint density at radius 2 is 2.41 bits per heavy atom. The minimum absolute atomic E-state index is 0.377. The highest BCUT2D eigenvalue weighted by Crippen LogP contribution is 2.28. The summed E-state index contributed by atoms with van der Waals surface area (Å²) in [5.74, 6) is 1.14. The molecular formula is C13H21N3O. The number of hydrogen-bond donors (Lipinski definition) is 1. The van der Waals surface area contributed by atoms with E-state index in [1.165, 1.54) is 24.2 Å². The van der Waals surface area contributed by atoms with Crippen LogP contribution >= 0.6 is 0 Å². The van der Waals surface area contributed by atoms with Gasteiger partial charge in [0.1, 0.15) is 5.82 Å². The minimum atomic E-state index is 0.377. The van der Waals surface area contributed by atoms with E-state index in [4.69, 9.17) is 4.74 Å². The van der Waals surface area contributed by atoms with Crippen molar-refractivity contribution >= 4 is 0 Å². The normalized spacial score (nSPS) is 25.9. The number of nitrogens with one attached hydrogen (secondary N) is 1. The Kier molecular flexibility index (Phi) is 2.92. The fourth-order valence-corrected chi connectivity index (χ4v) is 3.16. The largest absolute Gasteiger partial charge is 0.376 e. The first-order chi connectivity index (χ1) is 8.27. The molecule has 1 fully saturated rings. The van der Waals surface area contributed by atoms with E-state index in [0.717, 1.165) is 31.9 Å². The molecule has 1 N–H and O–H groups in total. The van der Waals surface area contributed by atoms with Gasteiger partial charge in [-0.05, 0) is 26.7 Å². The van der Waals surface area contributed by atoms with Gasteiger partial charge in [-0.2, -0.15) is 0 Å². The van der Waals surface area contributed by atoms with Crippen LogP contribution in [0.25, 0.3) is 0 Å². The molecule has 0 amide bonds. The van der Waals surface area contributed by atoms with Gasteiger partial charge in [0.2, 0.25) is 0 Å². The molecule has 3 rings (SSSR count). The lowest BCUT2D eigenvalue weighted by Gasteiger charge is -2.25. The molecule has 0 bridgehead atoms. The number of ether oxygens (including phenoxy) is 1. The van der Waals surface area contributed by atoms with Crippen molar-refractivity contribution in [1.82, 2.24) is 14.9 Å². The lowest BCUT2D eigenvalue weighted by molar-refractivity contribution is 0.0716. The van der Waals surface area contributed by atoms with Gasteiger partial charge in [0.05, 0.1) is 17.8 Å². The molecule has 2 aliphatic rings. The van der Waals surface area contributed by atoms with Gasteiger partial charge in [0, 0.05) is 31.8 Å². The van der Waals surface area contributed by atoms with E-state index in [0.29, 0.717) is 12.1 Å². The monoisotopic (exact) mass is 235 g/mol. The molecule has 1 saturated heterocycles. The average molecular weight is 235 g/mol. The number of hydrogen-bond acceptors (Lipinski definition) is 3. The van der Waals surface area contributed by atoms with Crippen LogP contribution in [0.2, 0.25) is 0 Å². The second-order valence-corrected chi connectivity index (χ2v) is 5.14. The van der Waals surface area contributed by atoms with Crippen LogP contribution in [-0.2, 0) is 17.7 Å². The minimum Gasteiger partial charge on any atom is -0.376 e. The van der Waals surface area contributed by atoms with Crippen molar-refractivity contribution < 1.29 is 4.74 Å². The molecule has 2 unspecified atom stereocenters. The number of imidazole rings is 1. The molecular weight excluding hydrogens is 214 g/mol. The zero-order chi connectivity index (χ0) is 11.8. The molecule has 94 valence electrons. The van der Waals surface area contributed by atoms with E-state index in [1.54, 1.807) is 0 Å². The maximum Gasteiger partial charge on any atom is 0.106 e. The van der Waals surface area contributed by atoms with Crippen molar-refractivity contribution in [3.8, 4) is 0 Å². The van der Waals surface area contributed by atoms with Crippen LogP contribution in [-0.4, -0.2) is 28.8 Å². The van der Waals surface area contributed by atoms with Gasteiger partial charge in [0.25, 0.3) is 0 Å². The Hall–Kier alpha value is -0.870. The SMILES string of the molecule is Cc1nc2c(n1C(C)C1CCCO1)CCNC2. The smallest absolute Gasteiger partial charge is 0.106 e. The summed E-state index contributed by atoms with van der Waals surface area (Å²) in [7, 11) is 0. The van der Waals surface area contributed by atoms with Crippen LogP contribution < -0.4 is 5.32 Å². The summed E-state index contributed by atoms with van der Waals surface area (Å²) in [6, 6.07) is 0.423. The summed E-state index contributed by atoms with van der Waals surface area (Å²) in [4.78, 5) is 4.69. The van der Waals surface area contributed by atoms with E-state index >= 15 is 0 Å². The van der Waals surface area contributed by atoms with Gasteiger partial charge in [-0.1, -0.05) is 0 Å². The third kappa shape index (κ3) is 1.89. The van der Waals surface area contributed by atoms with Crippen molar-refractivity contribution in [3.05, 3.63) is 17.2 Å². The predicted molar refractivity (Wildman–Crippen MR) is 66.1 cm³/mol. The lowest BCUT2D eigenvalue weighted by atomic mass is 10.1. The van der Waals surface area contributed by atoms with Gasteiger partial charge in [-0.25, -0.2) is 4.98 Å². The van der Waals surface area contributed by atoms with E-state index in [2.05, 4.69) is 28.7 Å². The maximum absolute atomic E-state index is 5.82. The predicted octanol–water partition coefficient (Wildman–Crippen LogP) is 1.58. The van der Waals surface area contributed by atoms with Crippen LogP contribution in [0.4, 0.5) is 0 Å². The van der Waals surface area contributed by atoms with Crippen molar-refractivity contribution in [2.24, 2.45) is 0 Å². The van der Waals surface area contributed by atoms with Crippen LogP contribution in [0.15, 0.2) is 0 Å². The second-order valence-electron chi connectivity index (χ2n) is 5.14. The molecule has 4 heteroatoms. The standard InChI is InChI=1S/C13H21N3O/c1-9(13-4-3-7-17-13)16-10(2)15-11-8-14-6-5-12(11)16/h9,13-14H,3-8H2,1-2H3. The quantitative estimate of drug-likeness (QED) is 0.846. The molecule has 2 aliphatic heterocycles.